The summed E-state index contributed by atoms with van der Waals surface area (Å²) in [5.41, 5.74) is 0.342. The lowest BCUT2D eigenvalue weighted by atomic mass is 9.67. The van der Waals surface area contributed by atoms with E-state index in [4.69, 9.17) is 0 Å². The molecule has 0 aliphatic heterocycles. The highest BCUT2D eigenvalue weighted by molar-refractivity contribution is 5.85. The van der Waals surface area contributed by atoms with E-state index in [1.165, 1.54) is 19.3 Å². The Balaban J connectivity index is 1.90. The van der Waals surface area contributed by atoms with Gasteiger partial charge in [0.15, 0.2) is 0 Å². The van der Waals surface area contributed by atoms with E-state index >= 15 is 0 Å². The Morgan fingerprint density at radius 2 is 1.88 bits per heavy atom. The van der Waals surface area contributed by atoms with Crippen LogP contribution in [0.4, 0.5) is 0 Å². The summed E-state index contributed by atoms with van der Waals surface area (Å²) in [5.74, 6) is 2.60. The van der Waals surface area contributed by atoms with Gasteiger partial charge in [0.1, 0.15) is 11.6 Å². The van der Waals surface area contributed by atoms with Crippen molar-refractivity contribution in [2.75, 3.05) is 0 Å². The van der Waals surface area contributed by atoms with Crippen LogP contribution in [0.15, 0.2) is 0 Å². The van der Waals surface area contributed by atoms with Crippen molar-refractivity contribution in [1.82, 2.24) is 0 Å². The van der Waals surface area contributed by atoms with Crippen molar-refractivity contribution in [3.8, 4) is 0 Å². The summed E-state index contributed by atoms with van der Waals surface area (Å²) in [5, 5.41) is 0. The molecule has 0 aromatic rings. The van der Waals surface area contributed by atoms with E-state index in [0.717, 1.165) is 11.8 Å². The Kier molecular flexibility index (Phi) is 3.42. The lowest BCUT2D eigenvalue weighted by molar-refractivity contribution is -0.124. The highest BCUT2D eigenvalue weighted by atomic mass is 16.1. The second-order valence-corrected chi connectivity index (χ2v) is 6.64. The van der Waals surface area contributed by atoms with Gasteiger partial charge in [-0.25, -0.2) is 0 Å². The molecule has 2 aliphatic carbocycles. The number of carbonyl (C=O) groups is 2. The van der Waals surface area contributed by atoms with Crippen LogP contribution in [0.1, 0.15) is 59.3 Å². The van der Waals surface area contributed by atoms with E-state index in [9.17, 15) is 9.59 Å². The topological polar surface area (TPSA) is 34.1 Å². The predicted octanol–water partition coefficient (Wildman–Crippen LogP) is 3.39. The van der Waals surface area contributed by atoms with Crippen LogP contribution in [0, 0.1) is 23.2 Å². The number of ketones is 2. The number of carbonyl (C=O) groups excluding carboxylic acids is 2. The summed E-state index contributed by atoms with van der Waals surface area (Å²) >= 11 is 0. The van der Waals surface area contributed by atoms with Gasteiger partial charge in [0.05, 0.1) is 0 Å². The Morgan fingerprint density at radius 1 is 1.18 bits per heavy atom. The molecule has 2 rings (SSSR count). The standard InChI is InChI=1S/C15H24O2/c1-10(16)4-7-13(17)9-14-11-5-6-12(8-11)15(14,2)3/h11-12,14H,4-9H2,1-3H3. The molecule has 0 aromatic heterocycles. The second-order valence-electron chi connectivity index (χ2n) is 6.64. The van der Waals surface area contributed by atoms with Crippen LogP contribution in [-0.2, 0) is 9.59 Å². The zero-order chi connectivity index (χ0) is 12.6. The molecule has 2 fully saturated rings. The first-order valence-electron chi connectivity index (χ1n) is 6.92. The monoisotopic (exact) mass is 236 g/mol. The minimum atomic E-state index is 0.130. The zero-order valence-electron chi connectivity index (χ0n) is 11.3. The van der Waals surface area contributed by atoms with Crippen LogP contribution in [0.3, 0.4) is 0 Å². The first-order valence-corrected chi connectivity index (χ1v) is 6.92. The minimum absolute atomic E-state index is 0.130. The van der Waals surface area contributed by atoms with Crippen LogP contribution in [0.25, 0.3) is 0 Å². The maximum absolute atomic E-state index is 11.9. The molecule has 3 atom stereocenters. The molecule has 0 radical (unpaired) electrons. The molecule has 0 saturated heterocycles. The number of rotatable bonds is 5. The fourth-order valence-electron chi connectivity index (χ4n) is 4.06. The molecule has 2 nitrogen and oxygen atoms in total. The highest BCUT2D eigenvalue weighted by Crippen LogP contribution is 2.60. The van der Waals surface area contributed by atoms with E-state index in [-0.39, 0.29) is 5.78 Å². The van der Waals surface area contributed by atoms with E-state index in [0.29, 0.717) is 36.4 Å². The van der Waals surface area contributed by atoms with Crippen molar-refractivity contribution in [2.45, 2.75) is 59.3 Å². The molecule has 2 heteroatoms. The largest absolute Gasteiger partial charge is 0.300 e. The fourth-order valence-corrected chi connectivity index (χ4v) is 4.06. The van der Waals surface area contributed by atoms with Crippen LogP contribution in [-0.4, -0.2) is 11.6 Å². The summed E-state index contributed by atoms with van der Waals surface area (Å²) in [6, 6.07) is 0. The van der Waals surface area contributed by atoms with Gasteiger partial charge < -0.3 is 4.79 Å². The summed E-state index contributed by atoms with van der Waals surface area (Å²) in [6.07, 6.45) is 5.60. The molecule has 0 heterocycles. The predicted molar refractivity (Wildman–Crippen MR) is 67.6 cm³/mol. The lowest BCUT2D eigenvalue weighted by Crippen LogP contribution is -2.32. The normalized spacial score (nSPS) is 33.9. The van der Waals surface area contributed by atoms with Crippen molar-refractivity contribution < 1.29 is 9.59 Å². The Bertz CT molecular complexity index is 330. The summed E-state index contributed by atoms with van der Waals surface area (Å²) < 4.78 is 0. The summed E-state index contributed by atoms with van der Waals surface area (Å²) in [4.78, 5) is 22.8. The Morgan fingerprint density at radius 3 is 2.41 bits per heavy atom. The van der Waals surface area contributed by atoms with Gasteiger partial charge in [-0.05, 0) is 49.4 Å². The molecule has 0 spiro atoms. The number of hydrogen-bond donors (Lipinski definition) is 0. The van der Waals surface area contributed by atoms with E-state index in [1.54, 1.807) is 6.92 Å². The Hall–Kier alpha value is -0.660. The molecule has 0 N–H and O–H groups in total. The van der Waals surface area contributed by atoms with Gasteiger partial charge >= 0.3 is 0 Å². The van der Waals surface area contributed by atoms with Gasteiger partial charge in [0.25, 0.3) is 0 Å². The first kappa shape index (κ1) is 12.8. The van der Waals surface area contributed by atoms with E-state index in [2.05, 4.69) is 13.8 Å². The first-order chi connectivity index (χ1) is 7.91. The maximum atomic E-state index is 11.9. The van der Waals surface area contributed by atoms with Crippen LogP contribution in [0.2, 0.25) is 0 Å². The third-order valence-electron chi connectivity index (χ3n) is 5.25. The van der Waals surface area contributed by atoms with Crippen molar-refractivity contribution in [3.05, 3.63) is 0 Å². The van der Waals surface area contributed by atoms with Crippen LogP contribution < -0.4 is 0 Å². The SMILES string of the molecule is CC(=O)CCC(=O)CC1C2CCC(C2)C1(C)C. The van der Waals surface area contributed by atoms with E-state index < -0.39 is 0 Å². The second kappa shape index (κ2) is 4.55. The molecule has 2 aliphatic rings. The van der Waals surface area contributed by atoms with Crippen LogP contribution >= 0.6 is 0 Å². The molecular weight excluding hydrogens is 212 g/mol. The van der Waals surface area contributed by atoms with Gasteiger partial charge in [0, 0.05) is 19.3 Å². The molecule has 3 unspecified atom stereocenters. The smallest absolute Gasteiger partial charge is 0.133 e. The summed E-state index contributed by atoms with van der Waals surface area (Å²) in [6.45, 7) is 6.23. The molecule has 2 bridgehead atoms. The number of Topliss-reactive ketones (excluding diaryl/α,β-unsaturated/α-hetero) is 2. The zero-order valence-corrected chi connectivity index (χ0v) is 11.3. The molecule has 2 saturated carbocycles. The molecule has 96 valence electrons. The van der Waals surface area contributed by atoms with Crippen molar-refractivity contribution >= 4 is 11.6 Å². The van der Waals surface area contributed by atoms with Crippen LogP contribution in [0.5, 0.6) is 0 Å². The average Bonchev–Trinajstić information content (AvgIpc) is 2.78. The highest BCUT2D eigenvalue weighted by Gasteiger charge is 2.52. The number of hydrogen-bond acceptors (Lipinski definition) is 2. The molecule has 0 aromatic carbocycles. The van der Waals surface area contributed by atoms with Gasteiger partial charge in [0.2, 0.25) is 0 Å². The fraction of sp³-hybridized carbons (Fsp3) is 0.867. The average molecular weight is 236 g/mol. The molecular formula is C15H24O2. The van der Waals surface area contributed by atoms with Crippen molar-refractivity contribution in [2.24, 2.45) is 23.2 Å². The van der Waals surface area contributed by atoms with Gasteiger partial charge in [-0.2, -0.15) is 0 Å². The van der Waals surface area contributed by atoms with Crippen molar-refractivity contribution in [3.63, 3.8) is 0 Å². The lowest BCUT2D eigenvalue weighted by Gasteiger charge is -2.38. The third kappa shape index (κ3) is 2.46. The van der Waals surface area contributed by atoms with Gasteiger partial charge in [-0.1, -0.05) is 13.8 Å². The Labute approximate surface area is 104 Å². The summed E-state index contributed by atoms with van der Waals surface area (Å²) in [7, 11) is 0. The minimum Gasteiger partial charge on any atom is -0.300 e. The third-order valence-corrected chi connectivity index (χ3v) is 5.25. The van der Waals surface area contributed by atoms with E-state index in [1.807, 2.05) is 0 Å². The maximum Gasteiger partial charge on any atom is 0.133 e. The van der Waals surface area contributed by atoms with Gasteiger partial charge in [-0.3, -0.25) is 4.79 Å². The molecule has 0 amide bonds. The number of fused-ring (bicyclic) bond motifs is 2. The molecule has 17 heavy (non-hydrogen) atoms. The van der Waals surface area contributed by atoms with Crippen molar-refractivity contribution in [1.29, 1.82) is 0 Å². The van der Waals surface area contributed by atoms with Gasteiger partial charge in [-0.15, -0.1) is 0 Å². The quantitative estimate of drug-likeness (QED) is 0.733.